The highest BCUT2D eigenvalue weighted by Gasteiger charge is 2.35. The normalized spacial score (nSPS) is 19.0. The van der Waals surface area contributed by atoms with E-state index in [-0.39, 0.29) is 29.0 Å². The van der Waals surface area contributed by atoms with Crippen molar-refractivity contribution in [3.05, 3.63) is 54.1 Å². The predicted molar refractivity (Wildman–Crippen MR) is 125 cm³/mol. The maximum Gasteiger partial charge on any atom is 0.262 e. The summed E-state index contributed by atoms with van der Waals surface area (Å²) in [5, 5.41) is 2.55. The van der Waals surface area contributed by atoms with Crippen molar-refractivity contribution in [3.8, 4) is 5.75 Å². The zero-order valence-electron chi connectivity index (χ0n) is 18.9. The number of fused-ring (bicyclic) bond motifs is 1. The van der Waals surface area contributed by atoms with Crippen LogP contribution in [0.15, 0.2) is 53.4 Å². The first kappa shape index (κ1) is 23.3. The summed E-state index contributed by atoms with van der Waals surface area (Å²) >= 11 is 0. The number of hydrogen-bond donors (Lipinski definition) is 1. The Kier molecular flexibility index (Phi) is 6.71. The van der Waals surface area contributed by atoms with Crippen molar-refractivity contribution in [2.45, 2.75) is 49.1 Å². The van der Waals surface area contributed by atoms with Gasteiger partial charge in [0, 0.05) is 25.7 Å². The summed E-state index contributed by atoms with van der Waals surface area (Å²) in [5.74, 6) is -0.309. The molecule has 0 spiro atoms. The standard InChI is InChI=1S/C24H29N3O5S/c1-25-23(28)22-16-27(20-13-6-7-14-21(20)32-22)24(29)17-9-8-12-19(15-17)33(30,31)26(2)18-10-4-3-5-11-18/h6-9,12-15,18,22H,3-5,10-11,16H2,1-2H3,(H,25,28). The minimum absolute atomic E-state index is 0.0223. The highest BCUT2D eigenvalue weighted by Crippen LogP contribution is 2.34. The fourth-order valence-electron chi connectivity index (χ4n) is 4.48. The van der Waals surface area contributed by atoms with Crippen molar-refractivity contribution >= 4 is 27.5 Å². The first-order chi connectivity index (χ1) is 15.8. The third-order valence-electron chi connectivity index (χ3n) is 6.40. The van der Waals surface area contributed by atoms with Crippen molar-refractivity contribution in [1.29, 1.82) is 0 Å². The van der Waals surface area contributed by atoms with Gasteiger partial charge in [0.1, 0.15) is 5.75 Å². The van der Waals surface area contributed by atoms with Gasteiger partial charge in [0.15, 0.2) is 6.10 Å². The molecule has 2 aliphatic rings. The van der Waals surface area contributed by atoms with Crippen LogP contribution in [0.25, 0.3) is 0 Å². The van der Waals surface area contributed by atoms with Gasteiger partial charge in [-0.15, -0.1) is 0 Å². The van der Waals surface area contributed by atoms with Gasteiger partial charge >= 0.3 is 0 Å². The van der Waals surface area contributed by atoms with Gasteiger partial charge in [-0.05, 0) is 43.2 Å². The van der Waals surface area contributed by atoms with Crippen LogP contribution < -0.4 is 15.0 Å². The predicted octanol–water partition coefficient (Wildman–Crippen LogP) is 2.79. The zero-order chi connectivity index (χ0) is 23.6. The Morgan fingerprint density at radius 2 is 1.79 bits per heavy atom. The molecule has 0 bridgehead atoms. The highest BCUT2D eigenvalue weighted by molar-refractivity contribution is 7.89. The Morgan fingerprint density at radius 1 is 1.06 bits per heavy atom. The molecule has 1 unspecified atom stereocenters. The number of sulfonamides is 1. The van der Waals surface area contributed by atoms with Crippen LogP contribution in [0, 0.1) is 0 Å². The number of anilines is 1. The second-order valence-corrected chi connectivity index (χ2v) is 10.4. The fraction of sp³-hybridized carbons (Fsp3) is 0.417. The second kappa shape index (κ2) is 9.52. The van der Waals surface area contributed by atoms with E-state index in [1.54, 1.807) is 43.4 Å². The lowest BCUT2D eigenvalue weighted by molar-refractivity contribution is -0.127. The average molecular weight is 472 g/mol. The van der Waals surface area contributed by atoms with Crippen LogP contribution in [-0.2, 0) is 14.8 Å². The number of hydrogen-bond acceptors (Lipinski definition) is 5. The summed E-state index contributed by atoms with van der Waals surface area (Å²) in [6.07, 6.45) is 4.00. The number of carbonyl (C=O) groups is 2. The molecule has 176 valence electrons. The minimum atomic E-state index is -3.74. The average Bonchev–Trinajstić information content (AvgIpc) is 2.87. The minimum Gasteiger partial charge on any atom is -0.477 e. The molecule has 2 aromatic rings. The summed E-state index contributed by atoms with van der Waals surface area (Å²) in [7, 11) is -0.614. The van der Waals surface area contributed by atoms with Crippen LogP contribution in [0.1, 0.15) is 42.5 Å². The molecule has 9 heteroatoms. The van der Waals surface area contributed by atoms with E-state index in [1.165, 1.54) is 28.4 Å². The summed E-state index contributed by atoms with van der Waals surface area (Å²) in [6, 6.07) is 13.1. The van der Waals surface area contributed by atoms with Crippen molar-refractivity contribution in [1.82, 2.24) is 9.62 Å². The SMILES string of the molecule is CNC(=O)C1CN(C(=O)c2cccc(S(=O)(=O)N(C)C3CCCCC3)c2)c2ccccc2O1. The number of nitrogens with one attached hydrogen (secondary N) is 1. The number of rotatable bonds is 5. The topological polar surface area (TPSA) is 96.0 Å². The quantitative estimate of drug-likeness (QED) is 0.724. The Hall–Kier alpha value is -2.91. The van der Waals surface area contributed by atoms with Gasteiger partial charge < -0.3 is 15.0 Å². The molecule has 1 N–H and O–H groups in total. The molecule has 1 aliphatic carbocycles. The molecule has 8 nitrogen and oxygen atoms in total. The molecule has 2 aromatic carbocycles. The molecule has 1 saturated carbocycles. The van der Waals surface area contributed by atoms with Crippen molar-refractivity contribution in [2.24, 2.45) is 0 Å². The van der Waals surface area contributed by atoms with E-state index >= 15 is 0 Å². The van der Waals surface area contributed by atoms with Gasteiger partial charge in [-0.25, -0.2) is 8.42 Å². The van der Waals surface area contributed by atoms with E-state index in [1.807, 2.05) is 0 Å². The molecule has 1 atom stereocenters. The smallest absolute Gasteiger partial charge is 0.262 e. The molecule has 2 amide bonds. The van der Waals surface area contributed by atoms with Gasteiger partial charge in [-0.2, -0.15) is 4.31 Å². The van der Waals surface area contributed by atoms with Crippen LogP contribution in [-0.4, -0.2) is 57.3 Å². The zero-order valence-corrected chi connectivity index (χ0v) is 19.7. The molecule has 33 heavy (non-hydrogen) atoms. The Morgan fingerprint density at radius 3 is 2.52 bits per heavy atom. The van der Waals surface area contributed by atoms with Crippen LogP contribution in [0.4, 0.5) is 5.69 Å². The monoisotopic (exact) mass is 471 g/mol. The molecular weight excluding hydrogens is 442 g/mol. The first-order valence-electron chi connectivity index (χ1n) is 11.2. The number of ether oxygens (including phenoxy) is 1. The maximum absolute atomic E-state index is 13.5. The van der Waals surface area contributed by atoms with Gasteiger partial charge in [-0.3, -0.25) is 9.59 Å². The van der Waals surface area contributed by atoms with E-state index in [4.69, 9.17) is 4.74 Å². The van der Waals surface area contributed by atoms with Crippen LogP contribution in [0.2, 0.25) is 0 Å². The maximum atomic E-state index is 13.5. The van der Waals surface area contributed by atoms with E-state index in [9.17, 15) is 18.0 Å². The van der Waals surface area contributed by atoms with Crippen LogP contribution >= 0.6 is 0 Å². The molecule has 0 saturated heterocycles. The Bertz CT molecular complexity index is 1140. The lowest BCUT2D eigenvalue weighted by Gasteiger charge is -2.34. The van der Waals surface area contributed by atoms with Gasteiger partial charge in [0.05, 0.1) is 17.1 Å². The number of para-hydroxylation sites is 2. The number of likely N-dealkylation sites (N-methyl/N-ethyl adjacent to an activating group) is 1. The van der Waals surface area contributed by atoms with Crippen LogP contribution in [0.5, 0.6) is 5.75 Å². The fourth-order valence-corrected chi connectivity index (χ4v) is 5.94. The lowest BCUT2D eigenvalue weighted by Crippen LogP contribution is -2.50. The van der Waals surface area contributed by atoms with E-state index in [2.05, 4.69) is 5.32 Å². The Labute approximate surface area is 194 Å². The second-order valence-electron chi connectivity index (χ2n) is 8.45. The number of carbonyl (C=O) groups excluding carboxylic acids is 2. The largest absolute Gasteiger partial charge is 0.477 e. The third kappa shape index (κ3) is 4.60. The summed E-state index contributed by atoms with van der Waals surface area (Å²) in [6.45, 7) is 0.0223. The number of amides is 2. The first-order valence-corrected chi connectivity index (χ1v) is 12.6. The van der Waals surface area contributed by atoms with Gasteiger partial charge in [0.2, 0.25) is 10.0 Å². The summed E-state index contributed by atoms with van der Waals surface area (Å²) in [4.78, 5) is 27.3. The number of nitrogens with zero attached hydrogens (tertiary/aromatic N) is 2. The molecule has 0 radical (unpaired) electrons. The summed E-state index contributed by atoms with van der Waals surface area (Å²) < 4.78 is 33.8. The molecule has 1 aliphatic heterocycles. The van der Waals surface area contributed by atoms with Crippen molar-refractivity contribution in [3.63, 3.8) is 0 Å². The molecule has 1 fully saturated rings. The molecular formula is C24H29N3O5S. The van der Waals surface area contributed by atoms with E-state index < -0.39 is 22.0 Å². The lowest BCUT2D eigenvalue weighted by atomic mass is 9.96. The molecule has 1 heterocycles. The van der Waals surface area contributed by atoms with Crippen LogP contribution in [0.3, 0.4) is 0 Å². The molecule has 0 aromatic heterocycles. The van der Waals surface area contributed by atoms with Gasteiger partial charge in [-0.1, -0.05) is 37.5 Å². The highest BCUT2D eigenvalue weighted by atomic mass is 32.2. The number of benzene rings is 2. The van der Waals surface area contributed by atoms with Crippen molar-refractivity contribution < 1.29 is 22.7 Å². The third-order valence-corrected chi connectivity index (χ3v) is 8.31. The summed E-state index contributed by atoms with van der Waals surface area (Å²) in [5.41, 5.74) is 0.774. The van der Waals surface area contributed by atoms with Crippen molar-refractivity contribution in [2.75, 3.05) is 25.5 Å². The Balaban J connectivity index is 1.64. The van der Waals surface area contributed by atoms with Gasteiger partial charge in [0.25, 0.3) is 11.8 Å². The van der Waals surface area contributed by atoms with E-state index in [0.29, 0.717) is 11.4 Å². The molecule has 4 rings (SSSR count). The van der Waals surface area contributed by atoms with E-state index in [0.717, 1.165) is 32.1 Å².